The summed E-state index contributed by atoms with van der Waals surface area (Å²) in [5.41, 5.74) is 2.03. The Bertz CT molecular complexity index is 826. The Balaban J connectivity index is 1.29. The van der Waals surface area contributed by atoms with E-state index in [9.17, 15) is 4.79 Å². The number of carbonyl (C=O) groups excluding carboxylic acids is 1. The van der Waals surface area contributed by atoms with Crippen LogP contribution >= 0.6 is 15.9 Å². The fourth-order valence-electron chi connectivity index (χ4n) is 9.67. The maximum Gasteiger partial charge on any atom is 0.171 e. The van der Waals surface area contributed by atoms with Crippen molar-refractivity contribution in [1.29, 1.82) is 0 Å². The molecule has 0 radical (unpaired) electrons. The number of hydrogen-bond acceptors (Lipinski definition) is 3. The smallest absolute Gasteiger partial charge is 0.171 e. The van der Waals surface area contributed by atoms with Gasteiger partial charge in [0.2, 0.25) is 0 Å². The van der Waals surface area contributed by atoms with Crippen molar-refractivity contribution in [3.8, 4) is 0 Å². The van der Waals surface area contributed by atoms with Crippen LogP contribution in [0.2, 0.25) is 0 Å². The van der Waals surface area contributed by atoms with Crippen molar-refractivity contribution in [3.63, 3.8) is 0 Å². The highest BCUT2D eigenvalue weighted by Gasteiger charge is 2.68. The predicted octanol–water partition coefficient (Wildman–Crippen LogP) is 6.64. The molecule has 1 unspecified atom stereocenters. The number of allylic oxidation sites excluding steroid dienone is 1. The summed E-state index contributed by atoms with van der Waals surface area (Å²) in [6, 6.07) is 0. The molecule has 2 saturated heterocycles. The van der Waals surface area contributed by atoms with Crippen molar-refractivity contribution in [1.82, 2.24) is 0 Å². The van der Waals surface area contributed by atoms with Crippen molar-refractivity contribution in [3.05, 3.63) is 10.1 Å². The Kier molecular flexibility index (Phi) is 4.76. The second-order valence-electron chi connectivity index (χ2n) is 12.6. The largest absolute Gasteiger partial charge is 0.349 e. The molecule has 4 aliphatic carbocycles. The molecule has 172 valence electrons. The molecule has 10 atom stereocenters. The van der Waals surface area contributed by atoms with Crippen LogP contribution in [-0.4, -0.2) is 24.3 Å². The van der Waals surface area contributed by atoms with E-state index in [-0.39, 0.29) is 11.2 Å². The molecule has 3 nitrogen and oxygen atoms in total. The van der Waals surface area contributed by atoms with Crippen molar-refractivity contribution >= 4 is 21.7 Å². The molecule has 31 heavy (non-hydrogen) atoms. The lowest BCUT2D eigenvalue weighted by Gasteiger charge is -2.59. The van der Waals surface area contributed by atoms with Crippen molar-refractivity contribution in [2.75, 3.05) is 6.61 Å². The molecule has 0 aromatic carbocycles. The summed E-state index contributed by atoms with van der Waals surface area (Å²) < 4.78 is 14.3. The summed E-state index contributed by atoms with van der Waals surface area (Å²) in [6.45, 7) is 10.7. The number of Topliss-reactive ketones (excluding diaryl/α,β-unsaturated/α-hetero) is 1. The first kappa shape index (κ1) is 21.4. The Morgan fingerprint density at radius 1 is 1.00 bits per heavy atom. The average molecular weight is 492 g/mol. The van der Waals surface area contributed by atoms with Gasteiger partial charge in [0.15, 0.2) is 11.6 Å². The first-order valence-corrected chi connectivity index (χ1v) is 13.7. The Labute approximate surface area is 196 Å². The molecule has 0 aromatic rings. The summed E-state index contributed by atoms with van der Waals surface area (Å²) in [6.07, 6.45) is 10.7. The van der Waals surface area contributed by atoms with E-state index >= 15 is 0 Å². The van der Waals surface area contributed by atoms with Gasteiger partial charge in [-0.2, -0.15) is 0 Å². The Hall–Kier alpha value is -0.190. The first-order valence-electron chi connectivity index (χ1n) is 12.9. The minimum atomic E-state index is -0.310. The molecule has 0 N–H and O–H groups in total. The highest BCUT2D eigenvalue weighted by Crippen LogP contribution is 2.71. The van der Waals surface area contributed by atoms with Crippen LogP contribution < -0.4 is 0 Å². The molecule has 3 saturated carbocycles. The molecule has 1 spiro atoms. The number of ether oxygens (including phenoxy) is 2. The van der Waals surface area contributed by atoms with E-state index in [0.29, 0.717) is 35.1 Å². The van der Waals surface area contributed by atoms with E-state index < -0.39 is 0 Å². The van der Waals surface area contributed by atoms with Crippen molar-refractivity contribution < 1.29 is 14.3 Å². The zero-order valence-corrected chi connectivity index (χ0v) is 21.3. The highest BCUT2D eigenvalue weighted by atomic mass is 79.9. The van der Waals surface area contributed by atoms with Gasteiger partial charge in [-0.1, -0.05) is 27.7 Å². The number of ketones is 1. The quantitative estimate of drug-likeness (QED) is 0.381. The maximum atomic E-state index is 12.4. The van der Waals surface area contributed by atoms with Gasteiger partial charge in [-0.05, 0) is 107 Å². The molecule has 2 heterocycles. The van der Waals surface area contributed by atoms with Crippen LogP contribution in [0.4, 0.5) is 0 Å². The van der Waals surface area contributed by atoms with E-state index in [4.69, 9.17) is 9.47 Å². The first-order chi connectivity index (χ1) is 14.7. The fraction of sp³-hybridized carbons (Fsp3) is 0.889. The lowest BCUT2D eigenvalue weighted by molar-refractivity contribution is -0.272. The third-order valence-corrected chi connectivity index (χ3v) is 12.2. The van der Waals surface area contributed by atoms with Crippen LogP contribution in [0.3, 0.4) is 0 Å². The molecular formula is C27H39BrO3. The fourth-order valence-corrected chi connectivity index (χ4v) is 10.5. The highest BCUT2D eigenvalue weighted by molar-refractivity contribution is 9.12. The topological polar surface area (TPSA) is 35.5 Å². The van der Waals surface area contributed by atoms with E-state index in [1.165, 1.54) is 37.7 Å². The van der Waals surface area contributed by atoms with Gasteiger partial charge in [-0.15, -0.1) is 0 Å². The molecule has 0 amide bonds. The van der Waals surface area contributed by atoms with Crippen LogP contribution in [-0.2, 0) is 14.3 Å². The van der Waals surface area contributed by atoms with Gasteiger partial charge in [0.25, 0.3) is 0 Å². The van der Waals surface area contributed by atoms with E-state index in [0.717, 1.165) is 54.5 Å². The van der Waals surface area contributed by atoms with Crippen LogP contribution in [0.1, 0.15) is 85.5 Å². The average Bonchev–Trinajstić information content (AvgIpc) is 3.18. The van der Waals surface area contributed by atoms with Crippen LogP contribution in [0.15, 0.2) is 10.1 Å². The molecule has 0 aromatic heterocycles. The lowest BCUT2D eigenvalue weighted by atomic mass is 9.46. The lowest BCUT2D eigenvalue weighted by Crippen LogP contribution is -2.52. The second kappa shape index (κ2) is 6.92. The van der Waals surface area contributed by atoms with E-state index in [2.05, 4.69) is 43.6 Å². The van der Waals surface area contributed by atoms with Gasteiger partial charge in [-0.25, -0.2) is 0 Å². The summed E-state index contributed by atoms with van der Waals surface area (Å²) >= 11 is 3.70. The molecule has 6 rings (SSSR count). The summed E-state index contributed by atoms with van der Waals surface area (Å²) in [5, 5.41) is 0. The molecule has 5 fully saturated rings. The number of rotatable bonds is 0. The minimum absolute atomic E-state index is 0.213. The van der Waals surface area contributed by atoms with Gasteiger partial charge < -0.3 is 9.47 Å². The van der Waals surface area contributed by atoms with E-state index in [1.54, 1.807) is 0 Å². The predicted molar refractivity (Wildman–Crippen MR) is 125 cm³/mol. The number of hydrogen-bond donors (Lipinski definition) is 0. The Morgan fingerprint density at radius 3 is 2.55 bits per heavy atom. The third-order valence-electron chi connectivity index (χ3n) is 11.3. The normalized spacial score (nSPS) is 56.3. The number of fused-ring (bicyclic) bond motifs is 7. The SMILES string of the molecule is CC1CC[C@@]2(OC1)O[C@H]1C[C@H]3[C@@H]4CCC5=C(Br)C(=O)CC[C@]5(C)[C@H]4CC[C@]3(C)[C@H]1[C@@H]2C. The second-order valence-corrected chi connectivity index (χ2v) is 13.4. The zero-order chi connectivity index (χ0) is 21.8. The number of carbonyl (C=O) groups is 1. The minimum Gasteiger partial charge on any atom is -0.349 e. The summed E-state index contributed by atoms with van der Waals surface area (Å²) in [7, 11) is 0. The maximum absolute atomic E-state index is 12.4. The van der Waals surface area contributed by atoms with Crippen molar-refractivity contribution in [2.45, 2.75) is 97.4 Å². The molecule has 0 bridgehead atoms. The third kappa shape index (κ3) is 2.74. The van der Waals surface area contributed by atoms with Gasteiger partial charge >= 0.3 is 0 Å². The monoisotopic (exact) mass is 490 g/mol. The van der Waals surface area contributed by atoms with Crippen LogP contribution in [0, 0.1) is 46.3 Å². The van der Waals surface area contributed by atoms with Gasteiger partial charge in [0.1, 0.15) is 0 Å². The summed E-state index contributed by atoms with van der Waals surface area (Å²) in [4.78, 5) is 12.4. The molecular weight excluding hydrogens is 452 g/mol. The van der Waals surface area contributed by atoms with E-state index in [1.807, 2.05) is 0 Å². The van der Waals surface area contributed by atoms with Gasteiger partial charge in [0.05, 0.1) is 17.2 Å². The van der Waals surface area contributed by atoms with Crippen LogP contribution in [0.25, 0.3) is 0 Å². The van der Waals surface area contributed by atoms with Crippen LogP contribution in [0.5, 0.6) is 0 Å². The molecule has 6 aliphatic rings. The summed E-state index contributed by atoms with van der Waals surface area (Å²) in [5.74, 6) is 4.08. The zero-order valence-electron chi connectivity index (χ0n) is 19.7. The van der Waals surface area contributed by atoms with Gasteiger partial charge in [-0.3, -0.25) is 4.79 Å². The van der Waals surface area contributed by atoms with Gasteiger partial charge in [0, 0.05) is 18.8 Å². The van der Waals surface area contributed by atoms with Crippen molar-refractivity contribution in [2.24, 2.45) is 46.3 Å². The molecule has 4 heteroatoms. The number of halogens is 1. The standard InChI is InChI=1S/C27H39BrO3/c1-15-7-12-27(30-14-15)16(2)23-22(31-27)13-20-17-5-6-19-24(28)21(29)9-11-25(19,3)18(17)8-10-26(20,23)4/h15-18,20,22-23H,5-14H2,1-4H3/t15?,16-,17+,18-,20-,22-,23-,25+,26-,27+/m0/s1. The Morgan fingerprint density at radius 2 is 1.81 bits per heavy atom. The molecule has 2 aliphatic heterocycles.